The van der Waals surface area contributed by atoms with Gasteiger partial charge in [0.1, 0.15) is 0 Å². The van der Waals surface area contributed by atoms with Gasteiger partial charge < -0.3 is 5.32 Å². The molecule has 54 valence electrons. The first kappa shape index (κ1) is 7.13. The first-order chi connectivity index (χ1) is 4.83. The molecule has 1 saturated heterocycles. The second-order valence-electron chi connectivity index (χ2n) is 2.51. The van der Waals surface area contributed by atoms with Crippen LogP contribution in [-0.2, 0) is 0 Å². The molecule has 0 aromatic heterocycles. The highest BCUT2D eigenvalue weighted by Crippen LogP contribution is 2.15. The van der Waals surface area contributed by atoms with E-state index in [0.717, 1.165) is 18.5 Å². The van der Waals surface area contributed by atoms with Crippen LogP contribution in [0.15, 0.2) is 36.7 Å². The number of piperidine rings is 1. The lowest BCUT2D eigenvalue weighted by Crippen LogP contribution is -2.16. The lowest BCUT2D eigenvalue weighted by Gasteiger charge is -2.18. The molecule has 1 nitrogen and oxygen atoms in total. The summed E-state index contributed by atoms with van der Waals surface area (Å²) in [5, 5.41) is 3.21. The Labute approximate surface area is 62.1 Å². The molecule has 1 aliphatic heterocycles. The van der Waals surface area contributed by atoms with E-state index in [1.54, 1.807) is 6.08 Å². The van der Waals surface area contributed by atoms with E-state index in [1.165, 1.54) is 12.1 Å². The van der Waals surface area contributed by atoms with Crippen molar-refractivity contribution >= 4 is 0 Å². The third-order valence-corrected chi connectivity index (χ3v) is 1.58. The summed E-state index contributed by atoms with van der Waals surface area (Å²) in [5.41, 5.74) is 2.37. The normalized spacial score (nSPS) is 22.4. The standard InChI is InChI=1S/C9H13N/c1-3-5-9-7-4-6-8(2)10-9/h3,5,10H,1-2,4,6-7H2/b9-5+. The van der Waals surface area contributed by atoms with E-state index in [4.69, 9.17) is 0 Å². The SMILES string of the molecule is C=C/C=C1\CCCC(=C)N1. The van der Waals surface area contributed by atoms with Crippen molar-refractivity contribution in [3.8, 4) is 0 Å². The van der Waals surface area contributed by atoms with Crippen molar-refractivity contribution in [2.75, 3.05) is 0 Å². The largest absolute Gasteiger partial charge is 0.363 e. The Morgan fingerprint density at radius 3 is 2.80 bits per heavy atom. The minimum atomic E-state index is 1.11. The molecule has 0 saturated carbocycles. The van der Waals surface area contributed by atoms with Crippen molar-refractivity contribution in [3.63, 3.8) is 0 Å². The van der Waals surface area contributed by atoms with E-state index in [0.29, 0.717) is 0 Å². The molecule has 0 atom stereocenters. The summed E-state index contributed by atoms with van der Waals surface area (Å²) in [6.45, 7) is 7.49. The average Bonchev–Trinajstić information content (AvgIpc) is 1.88. The smallest absolute Gasteiger partial charge is 0.0148 e. The van der Waals surface area contributed by atoms with Gasteiger partial charge in [0.15, 0.2) is 0 Å². The number of hydrogen-bond donors (Lipinski definition) is 1. The highest BCUT2D eigenvalue weighted by atomic mass is 14.9. The van der Waals surface area contributed by atoms with E-state index in [2.05, 4.69) is 18.5 Å². The number of allylic oxidation sites excluding steroid dienone is 4. The van der Waals surface area contributed by atoms with Gasteiger partial charge in [0.25, 0.3) is 0 Å². The molecule has 0 radical (unpaired) electrons. The Kier molecular flexibility index (Phi) is 2.32. The Morgan fingerprint density at radius 1 is 1.40 bits per heavy atom. The lowest BCUT2D eigenvalue weighted by atomic mass is 10.1. The van der Waals surface area contributed by atoms with Crippen LogP contribution in [0, 0.1) is 0 Å². The molecule has 0 bridgehead atoms. The van der Waals surface area contributed by atoms with E-state index in [1.807, 2.05) is 6.08 Å². The fraction of sp³-hybridized carbons (Fsp3) is 0.333. The van der Waals surface area contributed by atoms with Crippen LogP contribution in [0.25, 0.3) is 0 Å². The van der Waals surface area contributed by atoms with Crippen molar-refractivity contribution in [1.82, 2.24) is 5.32 Å². The Morgan fingerprint density at radius 2 is 2.20 bits per heavy atom. The maximum absolute atomic E-state index is 3.86. The third kappa shape index (κ3) is 1.76. The molecule has 1 heteroatoms. The van der Waals surface area contributed by atoms with Crippen LogP contribution < -0.4 is 5.32 Å². The van der Waals surface area contributed by atoms with Crippen molar-refractivity contribution in [3.05, 3.63) is 36.7 Å². The minimum Gasteiger partial charge on any atom is -0.363 e. The molecule has 0 amide bonds. The second-order valence-corrected chi connectivity index (χ2v) is 2.51. The van der Waals surface area contributed by atoms with Gasteiger partial charge in [-0.1, -0.05) is 19.2 Å². The molecule has 0 aliphatic carbocycles. The molecule has 1 fully saturated rings. The van der Waals surface area contributed by atoms with Crippen LogP contribution in [0.5, 0.6) is 0 Å². The molecule has 0 aromatic rings. The zero-order valence-electron chi connectivity index (χ0n) is 6.19. The summed E-state index contributed by atoms with van der Waals surface area (Å²) in [6.07, 6.45) is 7.26. The van der Waals surface area contributed by atoms with Gasteiger partial charge >= 0.3 is 0 Å². The van der Waals surface area contributed by atoms with E-state index in [-0.39, 0.29) is 0 Å². The van der Waals surface area contributed by atoms with Crippen LogP contribution in [0.4, 0.5) is 0 Å². The summed E-state index contributed by atoms with van der Waals surface area (Å²) in [5.74, 6) is 0. The van der Waals surface area contributed by atoms with E-state index in [9.17, 15) is 0 Å². The van der Waals surface area contributed by atoms with Crippen molar-refractivity contribution in [2.45, 2.75) is 19.3 Å². The van der Waals surface area contributed by atoms with Crippen molar-refractivity contribution in [1.29, 1.82) is 0 Å². The van der Waals surface area contributed by atoms with Crippen LogP contribution in [0.2, 0.25) is 0 Å². The van der Waals surface area contributed by atoms with Gasteiger partial charge in [-0.3, -0.25) is 0 Å². The quantitative estimate of drug-likeness (QED) is 0.582. The van der Waals surface area contributed by atoms with Crippen molar-refractivity contribution < 1.29 is 0 Å². The van der Waals surface area contributed by atoms with Gasteiger partial charge in [0.2, 0.25) is 0 Å². The summed E-state index contributed by atoms with van der Waals surface area (Å²) in [4.78, 5) is 0. The van der Waals surface area contributed by atoms with Crippen LogP contribution in [0.1, 0.15) is 19.3 Å². The third-order valence-electron chi connectivity index (χ3n) is 1.58. The molecule has 1 rings (SSSR count). The summed E-state index contributed by atoms with van der Waals surface area (Å²) < 4.78 is 0. The maximum Gasteiger partial charge on any atom is 0.0148 e. The van der Waals surface area contributed by atoms with Gasteiger partial charge in [0.05, 0.1) is 0 Å². The van der Waals surface area contributed by atoms with Gasteiger partial charge in [-0.15, -0.1) is 0 Å². The molecule has 0 spiro atoms. The minimum absolute atomic E-state index is 1.11. The van der Waals surface area contributed by atoms with Crippen LogP contribution >= 0.6 is 0 Å². The monoisotopic (exact) mass is 135 g/mol. The molecule has 1 N–H and O–H groups in total. The van der Waals surface area contributed by atoms with Crippen LogP contribution in [-0.4, -0.2) is 0 Å². The van der Waals surface area contributed by atoms with Crippen molar-refractivity contribution in [2.24, 2.45) is 0 Å². The second kappa shape index (κ2) is 3.25. The summed E-state index contributed by atoms with van der Waals surface area (Å²) >= 11 is 0. The zero-order chi connectivity index (χ0) is 7.40. The first-order valence-corrected chi connectivity index (χ1v) is 3.59. The molecule has 0 unspecified atom stereocenters. The molecular formula is C9H13N. The Bertz CT molecular complexity index is 177. The Hall–Kier alpha value is -0.980. The van der Waals surface area contributed by atoms with E-state index < -0.39 is 0 Å². The number of hydrogen-bond acceptors (Lipinski definition) is 1. The van der Waals surface area contributed by atoms with Gasteiger partial charge in [-0.2, -0.15) is 0 Å². The fourth-order valence-electron chi connectivity index (χ4n) is 1.11. The lowest BCUT2D eigenvalue weighted by molar-refractivity contribution is 0.666. The van der Waals surface area contributed by atoms with Gasteiger partial charge in [-0.25, -0.2) is 0 Å². The Balaban J connectivity index is 2.54. The predicted octanol–water partition coefficient (Wildman–Crippen LogP) is 2.34. The molecule has 0 aromatic carbocycles. The van der Waals surface area contributed by atoms with E-state index >= 15 is 0 Å². The first-order valence-electron chi connectivity index (χ1n) is 3.59. The molecule has 1 heterocycles. The van der Waals surface area contributed by atoms with Gasteiger partial charge in [0, 0.05) is 11.4 Å². The highest BCUT2D eigenvalue weighted by molar-refractivity contribution is 5.16. The fourth-order valence-corrected chi connectivity index (χ4v) is 1.11. The maximum atomic E-state index is 3.86. The highest BCUT2D eigenvalue weighted by Gasteiger charge is 2.04. The van der Waals surface area contributed by atoms with Crippen LogP contribution in [0.3, 0.4) is 0 Å². The molecular weight excluding hydrogens is 122 g/mol. The predicted molar refractivity (Wildman–Crippen MR) is 44.4 cm³/mol. The van der Waals surface area contributed by atoms with Gasteiger partial charge in [-0.05, 0) is 25.3 Å². The topological polar surface area (TPSA) is 12.0 Å². The molecule has 10 heavy (non-hydrogen) atoms. The average molecular weight is 135 g/mol. The number of rotatable bonds is 1. The number of nitrogens with one attached hydrogen (secondary N) is 1. The summed E-state index contributed by atoms with van der Waals surface area (Å²) in [7, 11) is 0. The zero-order valence-corrected chi connectivity index (χ0v) is 6.19. The molecule has 1 aliphatic rings. The summed E-state index contributed by atoms with van der Waals surface area (Å²) in [6, 6.07) is 0.